The molecular formula is C30H37ClN2O4. The summed E-state index contributed by atoms with van der Waals surface area (Å²) >= 11 is 6.51. The fourth-order valence-corrected chi connectivity index (χ4v) is 4.59. The summed E-state index contributed by atoms with van der Waals surface area (Å²) in [7, 11) is 0. The highest BCUT2D eigenvalue weighted by atomic mass is 35.5. The van der Waals surface area contributed by atoms with Crippen molar-refractivity contribution in [3.8, 4) is 11.8 Å². The molecule has 0 saturated carbocycles. The first-order chi connectivity index (χ1) is 17.9. The van der Waals surface area contributed by atoms with Crippen LogP contribution in [0.1, 0.15) is 62.7 Å². The predicted molar refractivity (Wildman–Crippen MR) is 150 cm³/mol. The van der Waals surface area contributed by atoms with Gasteiger partial charge in [0.1, 0.15) is 18.1 Å². The Labute approximate surface area is 225 Å². The molecule has 2 N–H and O–H groups in total. The molecular weight excluding hydrogens is 488 g/mol. The number of nitrogens with zero attached hydrogens (tertiary/aromatic N) is 2. The standard InChI is InChI=1S/C30H37ClN2O4/c1-5-11-22(12-10-18-36-24-19-33(20-24)17-6-2)29(35)27-28(25-13-8-9-14-26(25)31)32-37-30(27)21(4)15-16-23(34)7-3/h5,7,13-16,22,24,29,34-35H,1,4,6,8-9,11,17-20H2,2-3H3/b16-15-,23-7+/t22-,29+/m1/s1. The van der Waals surface area contributed by atoms with Crippen molar-refractivity contribution in [3.05, 3.63) is 77.4 Å². The SMILES string of the molecule is C=CC[C@H](C#CCOC1CN(CCC)C1)[C@H](O)c1c(C2=CCCC=C2Cl)noc1C(=C)/C=C\C(O)=C/C. The highest BCUT2D eigenvalue weighted by Gasteiger charge is 2.31. The lowest BCUT2D eigenvalue weighted by Crippen LogP contribution is -2.52. The van der Waals surface area contributed by atoms with Crippen molar-refractivity contribution in [2.24, 2.45) is 5.92 Å². The van der Waals surface area contributed by atoms with Crippen LogP contribution in [0, 0.1) is 17.8 Å². The molecule has 1 fully saturated rings. The number of halogens is 1. The summed E-state index contributed by atoms with van der Waals surface area (Å²) in [5, 5.41) is 26.3. The van der Waals surface area contributed by atoms with Crippen LogP contribution in [0.2, 0.25) is 0 Å². The second-order valence-electron chi connectivity index (χ2n) is 9.18. The van der Waals surface area contributed by atoms with Crippen molar-refractivity contribution < 1.29 is 19.5 Å². The average Bonchev–Trinajstić information content (AvgIpc) is 3.31. The molecule has 1 aromatic heterocycles. The number of likely N-dealkylation sites (tertiary alicyclic amines) is 1. The number of hydrogen-bond donors (Lipinski definition) is 2. The molecule has 7 heteroatoms. The van der Waals surface area contributed by atoms with Gasteiger partial charge >= 0.3 is 0 Å². The number of aromatic nitrogens is 1. The van der Waals surface area contributed by atoms with Crippen molar-refractivity contribution in [1.82, 2.24) is 10.1 Å². The molecule has 1 aliphatic heterocycles. The molecule has 0 spiro atoms. The fraction of sp³-hybridized carbons (Fsp3) is 0.433. The van der Waals surface area contributed by atoms with Gasteiger partial charge in [-0.2, -0.15) is 0 Å². The summed E-state index contributed by atoms with van der Waals surface area (Å²) in [6.07, 6.45) is 12.7. The predicted octanol–water partition coefficient (Wildman–Crippen LogP) is 6.35. The topological polar surface area (TPSA) is 79.0 Å². The first-order valence-corrected chi connectivity index (χ1v) is 13.2. The molecule has 2 atom stereocenters. The van der Waals surface area contributed by atoms with Gasteiger partial charge in [0.2, 0.25) is 0 Å². The Balaban J connectivity index is 1.86. The van der Waals surface area contributed by atoms with Crippen molar-refractivity contribution >= 4 is 22.7 Å². The molecule has 198 valence electrons. The maximum absolute atomic E-state index is 11.6. The van der Waals surface area contributed by atoms with E-state index in [-0.39, 0.29) is 11.9 Å². The molecule has 37 heavy (non-hydrogen) atoms. The molecule has 1 aliphatic carbocycles. The van der Waals surface area contributed by atoms with E-state index in [1.165, 1.54) is 6.08 Å². The van der Waals surface area contributed by atoms with Crippen molar-refractivity contribution in [1.29, 1.82) is 0 Å². The van der Waals surface area contributed by atoms with Crippen LogP contribution in [0.5, 0.6) is 0 Å². The van der Waals surface area contributed by atoms with E-state index < -0.39 is 12.0 Å². The summed E-state index contributed by atoms with van der Waals surface area (Å²) in [6, 6.07) is 0. The number of rotatable bonds is 12. The van der Waals surface area contributed by atoms with Crippen molar-refractivity contribution in [2.75, 3.05) is 26.2 Å². The molecule has 2 aliphatic rings. The second-order valence-corrected chi connectivity index (χ2v) is 9.59. The Bertz CT molecular complexity index is 1140. The van der Waals surface area contributed by atoms with E-state index >= 15 is 0 Å². The van der Waals surface area contributed by atoms with Gasteiger partial charge in [-0.15, -0.1) is 6.58 Å². The maximum atomic E-state index is 11.6. The van der Waals surface area contributed by atoms with Gasteiger partial charge < -0.3 is 19.5 Å². The molecule has 1 aromatic rings. The van der Waals surface area contributed by atoms with E-state index in [0.717, 1.165) is 38.9 Å². The zero-order valence-electron chi connectivity index (χ0n) is 21.8. The Hall–Kier alpha value is -2.82. The molecule has 1 saturated heterocycles. The minimum absolute atomic E-state index is 0.0867. The van der Waals surface area contributed by atoms with Gasteiger partial charge in [0, 0.05) is 29.3 Å². The van der Waals surface area contributed by atoms with Crippen LogP contribution in [0.15, 0.2) is 64.9 Å². The molecule has 0 amide bonds. The summed E-state index contributed by atoms with van der Waals surface area (Å²) in [5.74, 6) is 6.19. The molecule has 6 nitrogen and oxygen atoms in total. The van der Waals surface area contributed by atoms with E-state index in [0.29, 0.717) is 46.2 Å². The summed E-state index contributed by atoms with van der Waals surface area (Å²) in [6.45, 7) is 15.1. The Morgan fingerprint density at radius 3 is 2.78 bits per heavy atom. The smallest absolute Gasteiger partial charge is 0.172 e. The average molecular weight is 525 g/mol. The largest absolute Gasteiger partial charge is 0.508 e. The number of ether oxygens (including phenoxy) is 1. The van der Waals surface area contributed by atoms with Gasteiger partial charge in [0.25, 0.3) is 0 Å². The third kappa shape index (κ3) is 7.59. The van der Waals surface area contributed by atoms with Gasteiger partial charge in [-0.1, -0.05) is 60.3 Å². The summed E-state index contributed by atoms with van der Waals surface area (Å²) < 4.78 is 11.6. The molecule has 3 rings (SSSR count). The molecule has 0 bridgehead atoms. The second kappa shape index (κ2) is 14.2. The van der Waals surface area contributed by atoms with E-state index in [2.05, 4.69) is 42.0 Å². The highest BCUT2D eigenvalue weighted by molar-refractivity contribution is 6.37. The number of allylic oxidation sites excluding steroid dienone is 9. The van der Waals surface area contributed by atoms with Gasteiger partial charge in [-0.25, -0.2) is 0 Å². The van der Waals surface area contributed by atoms with E-state index in [9.17, 15) is 10.2 Å². The third-order valence-corrected chi connectivity index (χ3v) is 6.72. The first kappa shape index (κ1) is 28.7. The van der Waals surface area contributed by atoms with E-state index in [1.807, 2.05) is 12.2 Å². The van der Waals surface area contributed by atoms with E-state index in [4.69, 9.17) is 20.9 Å². The lowest BCUT2D eigenvalue weighted by Gasteiger charge is -2.38. The third-order valence-electron chi connectivity index (χ3n) is 6.36. The highest BCUT2D eigenvalue weighted by Crippen LogP contribution is 2.40. The van der Waals surface area contributed by atoms with Gasteiger partial charge in [-0.05, 0) is 57.4 Å². The van der Waals surface area contributed by atoms with Crippen LogP contribution >= 0.6 is 11.6 Å². The number of aliphatic hydroxyl groups excluding tert-OH is 2. The van der Waals surface area contributed by atoms with Crippen molar-refractivity contribution in [2.45, 2.75) is 51.7 Å². The van der Waals surface area contributed by atoms with Crippen LogP contribution in [-0.4, -0.2) is 52.6 Å². The van der Waals surface area contributed by atoms with Crippen LogP contribution in [0.3, 0.4) is 0 Å². The lowest BCUT2D eigenvalue weighted by atomic mass is 9.88. The summed E-state index contributed by atoms with van der Waals surface area (Å²) in [5.41, 5.74) is 2.09. The molecule has 0 radical (unpaired) electrons. The lowest BCUT2D eigenvalue weighted by molar-refractivity contribution is -0.0415. The number of hydrogen-bond acceptors (Lipinski definition) is 6. The van der Waals surface area contributed by atoms with E-state index in [1.54, 1.807) is 25.2 Å². The first-order valence-electron chi connectivity index (χ1n) is 12.8. The fourth-order valence-electron chi connectivity index (χ4n) is 4.32. The Kier molecular flexibility index (Phi) is 11.0. The summed E-state index contributed by atoms with van der Waals surface area (Å²) in [4.78, 5) is 2.36. The monoisotopic (exact) mass is 524 g/mol. The van der Waals surface area contributed by atoms with Gasteiger partial charge in [0.15, 0.2) is 5.76 Å². The Morgan fingerprint density at radius 1 is 1.35 bits per heavy atom. The quantitative estimate of drug-likeness (QED) is 0.144. The molecule has 0 unspecified atom stereocenters. The van der Waals surface area contributed by atoms with Crippen LogP contribution in [0.25, 0.3) is 11.1 Å². The molecule has 0 aromatic carbocycles. The minimum Gasteiger partial charge on any atom is -0.508 e. The number of aliphatic hydroxyl groups is 2. The zero-order chi connectivity index (χ0) is 26.8. The van der Waals surface area contributed by atoms with Crippen LogP contribution < -0.4 is 0 Å². The molecule has 2 heterocycles. The zero-order valence-corrected chi connectivity index (χ0v) is 22.5. The van der Waals surface area contributed by atoms with Gasteiger partial charge in [0.05, 0.1) is 23.7 Å². The van der Waals surface area contributed by atoms with Gasteiger partial charge in [-0.3, -0.25) is 4.90 Å². The van der Waals surface area contributed by atoms with Crippen molar-refractivity contribution in [3.63, 3.8) is 0 Å². The maximum Gasteiger partial charge on any atom is 0.172 e. The normalized spacial score (nSPS) is 18.4. The van der Waals surface area contributed by atoms with Crippen LogP contribution in [0.4, 0.5) is 0 Å². The minimum atomic E-state index is -1.04. The Morgan fingerprint density at radius 2 is 2.11 bits per heavy atom. The van der Waals surface area contributed by atoms with Crippen LogP contribution in [-0.2, 0) is 4.74 Å².